The van der Waals surface area contributed by atoms with E-state index in [0.717, 1.165) is 70.6 Å². The number of aliphatic hydroxyl groups excluding tert-OH is 2. The number of esters is 2. The number of unbranched alkanes of at least 4 members (excludes halogenated alkanes) is 16. The molecule has 2 N–H and O–H groups in total. The number of hydrogen-bond donors (Lipinski definition) is 2. The first-order valence-electron chi connectivity index (χ1n) is 18.3. The van der Waals surface area contributed by atoms with Crippen LogP contribution < -0.4 is 0 Å². The van der Waals surface area contributed by atoms with Gasteiger partial charge in [0.05, 0.1) is 0 Å². The molecule has 0 bridgehead atoms. The highest BCUT2D eigenvalue weighted by Gasteiger charge is 2.12. The van der Waals surface area contributed by atoms with E-state index >= 15 is 0 Å². The molecule has 0 spiro atoms. The SMILES string of the molecule is CCCCCCCCCCCCCCCC(=O)OC[C@H](O)COC(=O)CCC/C=C\C/C=C\C/C=C\C/C=C\CCCCCO. The topological polar surface area (TPSA) is 93.1 Å². The largest absolute Gasteiger partial charge is 0.463 e. The zero-order valence-corrected chi connectivity index (χ0v) is 28.8. The monoisotopic (exact) mass is 633 g/mol. The molecule has 0 rings (SSSR count). The van der Waals surface area contributed by atoms with Crippen LogP contribution in [0.4, 0.5) is 0 Å². The van der Waals surface area contributed by atoms with Crippen LogP contribution in [0.2, 0.25) is 0 Å². The first-order chi connectivity index (χ1) is 22.1. The van der Waals surface area contributed by atoms with Gasteiger partial charge in [0.1, 0.15) is 19.3 Å². The highest BCUT2D eigenvalue weighted by Crippen LogP contribution is 2.13. The summed E-state index contributed by atoms with van der Waals surface area (Å²) in [5.74, 6) is -0.643. The van der Waals surface area contributed by atoms with Gasteiger partial charge in [0, 0.05) is 19.4 Å². The Morgan fingerprint density at radius 2 is 0.889 bits per heavy atom. The van der Waals surface area contributed by atoms with E-state index in [1.54, 1.807) is 0 Å². The number of hydrogen-bond acceptors (Lipinski definition) is 6. The highest BCUT2D eigenvalue weighted by molar-refractivity contribution is 5.69. The maximum atomic E-state index is 11.9. The van der Waals surface area contributed by atoms with Gasteiger partial charge < -0.3 is 19.7 Å². The molecule has 0 unspecified atom stereocenters. The summed E-state index contributed by atoms with van der Waals surface area (Å²) >= 11 is 0. The van der Waals surface area contributed by atoms with Crippen LogP contribution in [0.5, 0.6) is 0 Å². The third-order valence-electron chi connectivity index (χ3n) is 7.62. The first-order valence-corrected chi connectivity index (χ1v) is 18.3. The Balaban J connectivity index is 3.55. The summed E-state index contributed by atoms with van der Waals surface area (Å²) in [5.41, 5.74) is 0. The molecule has 0 radical (unpaired) electrons. The van der Waals surface area contributed by atoms with Crippen molar-refractivity contribution in [2.24, 2.45) is 0 Å². The third kappa shape index (κ3) is 36.2. The summed E-state index contributed by atoms with van der Waals surface area (Å²) < 4.78 is 10.3. The Bertz CT molecular complexity index is 769. The lowest BCUT2D eigenvalue weighted by molar-refractivity contribution is -0.152. The fourth-order valence-electron chi connectivity index (χ4n) is 4.82. The standard InChI is InChI=1S/C39H68O6/c1-2-3-4-5-6-7-8-14-17-20-23-26-29-32-38(42)44-35-37(41)36-45-39(43)33-30-27-24-21-18-15-12-10-9-11-13-16-19-22-25-28-31-34-40/h9,11-12,15-16,19,21,24,37,40-41H,2-8,10,13-14,17-18,20,22-23,25-36H2,1H3/b11-9-,15-12-,19-16-,24-21-/t37-/m0/s1. The Hall–Kier alpha value is -2.18. The Morgan fingerprint density at radius 3 is 1.36 bits per heavy atom. The van der Waals surface area contributed by atoms with Crippen LogP contribution in [0.3, 0.4) is 0 Å². The lowest BCUT2D eigenvalue weighted by Gasteiger charge is -2.12. The lowest BCUT2D eigenvalue weighted by atomic mass is 10.0. The molecular formula is C39H68O6. The lowest BCUT2D eigenvalue weighted by Crippen LogP contribution is -2.25. The Labute approximate surface area is 276 Å². The van der Waals surface area contributed by atoms with Gasteiger partial charge in [-0.25, -0.2) is 0 Å². The minimum atomic E-state index is -0.990. The number of rotatable bonds is 33. The second-order valence-corrected chi connectivity index (χ2v) is 12.1. The molecule has 0 fully saturated rings. The van der Waals surface area contributed by atoms with Crippen molar-refractivity contribution >= 4 is 11.9 Å². The fourth-order valence-corrected chi connectivity index (χ4v) is 4.82. The molecule has 0 heterocycles. The van der Waals surface area contributed by atoms with Crippen molar-refractivity contribution in [3.05, 3.63) is 48.6 Å². The van der Waals surface area contributed by atoms with Crippen LogP contribution in [-0.4, -0.2) is 48.1 Å². The van der Waals surface area contributed by atoms with Crippen molar-refractivity contribution in [1.82, 2.24) is 0 Å². The second kappa shape index (κ2) is 36.3. The summed E-state index contributed by atoms with van der Waals surface area (Å²) in [4.78, 5) is 23.8. The van der Waals surface area contributed by atoms with Crippen LogP contribution in [0, 0.1) is 0 Å². The van der Waals surface area contributed by atoms with Crippen LogP contribution in [-0.2, 0) is 19.1 Å². The third-order valence-corrected chi connectivity index (χ3v) is 7.62. The fraction of sp³-hybridized carbons (Fsp3) is 0.744. The van der Waals surface area contributed by atoms with Gasteiger partial charge in [-0.15, -0.1) is 0 Å². The molecular weight excluding hydrogens is 564 g/mol. The number of carbonyl (C=O) groups is 2. The minimum Gasteiger partial charge on any atom is -0.463 e. The number of carbonyl (C=O) groups excluding carboxylic acids is 2. The van der Waals surface area contributed by atoms with Gasteiger partial charge in [-0.1, -0.05) is 139 Å². The maximum absolute atomic E-state index is 11.9. The van der Waals surface area contributed by atoms with Gasteiger partial charge >= 0.3 is 11.9 Å². The summed E-state index contributed by atoms with van der Waals surface area (Å²) in [6, 6.07) is 0. The molecule has 0 aromatic carbocycles. The summed E-state index contributed by atoms with van der Waals surface area (Å²) in [6.45, 7) is 2.26. The highest BCUT2D eigenvalue weighted by atomic mass is 16.6. The van der Waals surface area contributed by atoms with E-state index in [2.05, 4.69) is 55.5 Å². The van der Waals surface area contributed by atoms with Crippen molar-refractivity contribution < 1.29 is 29.3 Å². The molecule has 45 heavy (non-hydrogen) atoms. The normalized spacial score (nSPS) is 12.7. The molecule has 0 saturated carbocycles. The van der Waals surface area contributed by atoms with Gasteiger partial charge in [-0.05, 0) is 57.8 Å². The molecule has 0 aliphatic rings. The Morgan fingerprint density at radius 1 is 0.511 bits per heavy atom. The Kier molecular flexibility index (Phi) is 34.5. The average Bonchev–Trinajstić information content (AvgIpc) is 3.04. The maximum Gasteiger partial charge on any atom is 0.305 e. The number of allylic oxidation sites excluding steroid dienone is 8. The van der Waals surface area contributed by atoms with Gasteiger partial charge in [-0.3, -0.25) is 9.59 Å². The minimum absolute atomic E-state index is 0.138. The van der Waals surface area contributed by atoms with E-state index in [-0.39, 0.29) is 25.2 Å². The van der Waals surface area contributed by atoms with Gasteiger partial charge in [0.15, 0.2) is 0 Å². The summed E-state index contributed by atoms with van der Waals surface area (Å²) in [5, 5.41) is 18.7. The van der Waals surface area contributed by atoms with Crippen molar-refractivity contribution in [3.8, 4) is 0 Å². The van der Waals surface area contributed by atoms with Gasteiger partial charge in [-0.2, -0.15) is 0 Å². The smallest absolute Gasteiger partial charge is 0.305 e. The molecule has 0 aliphatic heterocycles. The van der Waals surface area contributed by atoms with Crippen molar-refractivity contribution in [3.63, 3.8) is 0 Å². The van der Waals surface area contributed by atoms with Crippen molar-refractivity contribution in [1.29, 1.82) is 0 Å². The first kappa shape index (κ1) is 42.8. The van der Waals surface area contributed by atoms with E-state index in [1.165, 1.54) is 64.2 Å². The number of aliphatic hydroxyl groups is 2. The van der Waals surface area contributed by atoms with E-state index in [9.17, 15) is 14.7 Å². The quantitative estimate of drug-likeness (QED) is 0.0425. The van der Waals surface area contributed by atoms with E-state index < -0.39 is 6.10 Å². The molecule has 6 heteroatoms. The number of ether oxygens (including phenoxy) is 2. The average molecular weight is 633 g/mol. The second-order valence-electron chi connectivity index (χ2n) is 12.1. The van der Waals surface area contributed by atoms with E-state index in [0.29, 0.717) is 25.9 Å². The molecule has 6 nitrogen and oxygen atoms in total. The van der Waals surface area contributed by atoms with Crippen molar-refractivity contribution in [2.45, 2.75) is 167 Å². The molecule has 0 amide bonds. The van der Waals surface area contributed by atoms with Gasteiger partial charge in [0.25, 0.3) is 0 Å². The summed E-state index contributed by atoms with van der Waals surface area (Å²) in [6.07, 6.45) is 41.7. The van der Waals surface area contributed by atoms with E-state index in [4.69, 9.17) is 14.6 Å². The zero-order valence-electron chi connectivity index (χ0n) is 28.8. The molecule has 0 saturated heterocycles. The zero-order chi connectivity index (χ0) is 32.9. The predicted molar refractivity (Wildman–Crippen MR) is 188 cm³/mol. The van der Waals surface area contributed by atoms with Crippen LogP contribution in [0.25, 0.3) is 0 Å². The molecule has 0 aromatic rings. The molecule has 260 valence electrons. The molecule has 0 aliphatic carbocycles. The predicted octanol–water partition coefficient (Wildman–Crippen LogP) is 10.0. The van der Waals surface area contributed by atoms with E-state index in [1.807, 2.05) is 0 Å². The van der Waals surface area contributed by atoms with Crippen molar-refractivity contribution in [2.75, 3.05) is 19.8 Å². The van der Waals surface area contributed by atoms with Crippen LogP contribution in [0.1, 0.15) is 161 Å². The molecule has 0 aromatic heterocycles. The summed E-state index contributed by atoms with van der Waals surface area (Å²) in [7, 11) is 0. The van der Waals surface area contributed by atoms with Crippen LogP contribution >= 0.6 is 0 Å². The molecule has 1 atom stereocenters. The van der Waals surface area contributed by atoms with Gasteiger partial charge in [0.2, 0.25) is 0 Å². The van der Waals surface area contributed by atoms with Crippen LogP contribution in [0.15, 0.2) is 48.6 Å².